The van der Waals surface area contributed by atoms with Crippen LogP contribution in [-0.4, -0.2) is 42.3 Å². The molecular formula is C14H20ClN3O2. The van der Waals surface area contributed by atoms with Gasteiger partial charge in [0, 0.05) is 24.3 Å². The second kappa shape index (κ2) is 5.60. The number of nitrogens with zero attached hydrogens (tertiary/aromatic N) is 1. The standard InChI is InChI=1S/C14H20ClN3O2/c1-14(2)8-18(6-10(7-19)20-14)9-3-4-11(13(16)17)12(15)5-9/h3-5,10,19H,6-8H2,1-2H3,(H3,16,17). The highest BCUT2D eigenvalue weighted by molar-refractivity contribution is 6.34. The van der Waals surface area contributed by atoms with Gasteiger partial charge in [-0.2, -0.15) is 0 Å². The van der Waals surface area contributed by atoms with Gasteiger partial charge < -0.3 is 20.5 Å². The molecule has 5 nitrogen and oxygen atoms in total. The van der Waals surface area contributed by atoms with Crippen molar-refractivity contribution in [2.24, 2.45) is 5.73 Å². The van der Waals surface area contributed by atoms with E-state index in [1.165, 1.54) is 0 Å². The number of amidine groups is 1. The molecule has 0 radical (unpaired) electrons. The fraction of sp³-hybridized carbons (Fsp3) is 0.500. The lowest BCUT2D eigenvalue weighted by atomic mass is 10.0. The summed E-state index contributed by atoms with van der Waals surface area (Å²) in [6.45, 7) is 5.29. The second-order valence-electron chi connectivity index (χ2n) is 5.64. The van der Waals surface area contributed by atoms with Gasteiger partial charge in [-0.25, -0.2) is 0 Å². The molecule has 1 saturated heterocycles. The van der Waals surface area contributed by atoms with Crippen LogP contribution in [0.15, 0.2) is 18.2 Å². The maximum atomic E-state index is 9.34. The van der Waals surface area contributed by atoms with Crippen molar-refractivity contribution in [1.29, 1.82) is 5.41 Å². The molecule has 0 spiro atoms. The number of aliphatic hydroxyl groups excluding tert-OH is 1. The van der Waals surface area contributed by atoms with Crippen LogP contribution in [0.2, 0.25) is 5.02 Å². The Hall–Kier alpha value is -1.30. The smallest absolute Gasteiger partial charge is 0.124 e. The van der Waals surface area contributed by atoms with Crippen molar-refractivity contribution < 1.29 is 9.84 Å². The van der Waals surface area contributed by atoms with E-state index in [4.69, 9.17) is 27.5 Å². The summed E-state index contributed by atoms with van der Waals surface area (Å²) < 4.78 is 5.79. The van der Waals surface area contributed by atoms with Gasteiger partial charge in [-0.3, -0.25) is 5.41 Å². The Labute approximate surface area is 123 Å². The lowest BCUT2D eigenvalue weighted by molar-refractivity contribution is -0.101. The lowest BCUT2D eigenvalue weighted by Gasteiger charge is -2.43. The fourth-order valence-electron chi connectivity index (χ4n) is 2.51. The monoisotopic (exact) mass is 297 g/mol. The average molecular weight is 298 g/mol. The van der Waals surface area contributed by atoms with E-state index in [0.717, 1.165) is 5.69 Å². The number of hydrogen-bond acceptors (Lipinski definition) is 4. The largest absolute Gasteiger partial charge is 0.394 e. The molecule has 0 saturated carbocycles. The van der Waals surface area contributed by atoms with Crippen LogP contribution in [0.5, 0.6) is 0 Å². The van der Waals surface area contributed by atoms with Crippen molar-refractivity contribution in [2.45, 2.75) is 25.6 Å². The number of anilines is 1. The first-order valence-corrected chi connectivity index (χ1v) is 6.88. The molecule has 0 amide bonds. The van der Waals surface area contributed by atoms with Gasteiger partial charge in [-0.1, -0.05) is 11.6 Å². The minimum atomic E-state index is -0.336. The number of hydrogen-bond donors (Lipinski definition) is 3. The number of ether oxygens (including phenoxy) is 1. The Morgan fingerprint density at radius 2 is 2.30 bits per heavy atom. The molecule has 1 aromatic carbocycles. The van der Waals surface area contributed by atoms with Gasteiger partial charge >= 0.3 is 0 Å². The van der Waals surface area contributed by atoms with E-state index in [1.807, 2.05) is 19.9 Å². The van der Waals surface area contributed by atoms with Crippen LogP contribution in [0.25, 0.3) is 0 Å². The third kappa shape index (κ3) is 3.23. The van der Waals surface area contributed by atoms with Crippen LogP contribution in [0, 0.1) is 5.41 Å². The molecule has 0 aromatic heterocycles. The minimum Gasteiger partial charge on any atom is -0.394 e. The minimum absolute atomic E-state index is 0.0147. The van der Waals surface area contributed by atoms with E-state index in [9.17, 15) is 5.11 Å². The molecule has 2 rings (SSSR count). The zero-order valence-electron chi connectivity index (χ0n) is 11.7. The highest BCUT2D eigenvalue weighted by Gasteiger charge is 2.33. The predicted octanol–water partition coefficient (Wildman–Crippen LogP) is 1.60. The fourth-order valence-corrected chi connectivity index (χ4v) is 2.78. The van der Waals surface area contributed by atoms with Crippen molar-refractivity contribution in [3.8, 4) is 0 Å². The van der Waals surface area contributed by atoms with Crippen molar-refractivity contribution in [3.63, 3.8) is 0 Å². The number of nitrogens with one attached hydrogen (secondary N) is 1. The van der Waals surface area contributed by atoms with E-state index in [2.05, 4.69) is 4.90 Å². The second-order valence-corrected chi connectivity index (χ2v) is 6.05. The molecular weight excluding hydrogens is 278 g/mol. The van der Waals surface area contributed by atoms with Gasteiger partial charge in [0.15, 0.2) is 0 Å². The number of halogens is 1. The van der Waals surface area contributed by atoms with Crippen LogP contribution in [-0.2, 0) is 4.74 Å². The summed E-state index contributed by atoms with van der Waals surface area (Å²) in [5.74, 6) is -0.0444. The lowest BCUT2D eigenvalue weighted by Crippen LogP contribution is -2.54. The first kappa shape index (κ1) is 15.1. The zero-order valence-corrected chi connectivity index (χ0v) is 12.4. The van der Waals surface area contributed by atoms with Crippen LogP contribution in [0.4, 0.5) is 5.69 Å². The Bertz CT molecular complexity index is 519. The summed E-state index contributed by atoms with van der Waals surface area (Å²) in [7, 11) is 0. The number of nitrogen functional groups attached to an aromatic ring is 1. The van der Waals surface area contributed by atoms with Crippen molar-refractivity contribution in [2.75, 3.05) is 24.6 Å². The van der Waals surface area contributed by atoms with Crippen LogP contribution in [0.1, 0.15) is 19.4 Å². The van der Waals surface area contributed by atoms with Gasteiger partial charge in [-0.05, 0) is 32.0 Å². The van der Waals surface area contributed by atoms with Crippen LogP contribution >= 0.6 is 11.6 Å². The van der Waals surface area contributed by atoms with E-state index in [1.54, 1.807) is 12.1 Å². The van der Waals surface area contributed by atoms with Crippen LogP contribution in [0.3, 0.4) is 0 Å². The predicted molar refractivity (Wildman–Crippen MR) is 80.7 cm³/mol. The maximum Gasteiger partial charge on any atom is 0.124 e. The molecule has 20 heavy (non-hydrogen) atoms. The summed E-state index contributed by atoms with van der Waals surface area (Å²) in [4.78, 5) is 2.13. The van der Waals surface area contributed by atoms with Gasteiger partial charge in [0.1, 0.15) is 5.84 Å². The molecule has 6 heteroatoms. The van der Waals surface area contributed by atoms with Crippen molar-refractivity contribution >= 4 is 23.1 Å². The van der Waals surface area contributed by atoms with Gasteiger partial charge in [0.05, 0.1) is 23.3 Å². The molecule has 4 N–H and O–H groups in total. The molecule has 1 atom stereocenters. The molecule has 1 unspecified atom stereocenters. The zero-order chi connectivity index (χ0) is 14.9. The SMILES string of the molecule is CC1(C)CN(c2ccc(C(=N)N)c(Cl)c2)CC(CO)O1. The van der Waals surface area contributed by atoms with Gasteiger partial charge in [-0.15, -0.1) is 0 Å². The third-order valence-electron chi connectivity index (χ3n) is 3.29. The van der Waals surface area contributed by atoms with E-state index in [0.29, 0.717) is 23.7 Å². The van der Waals surface area contributed by atoms with Gasteiger partial charge in [0.2, 0.25) is 0 Å². The van der Waals surface area contributed by atoms with E-state index >= 15 is 0 Å². The molecule has 110 valence electrons. The Kier molecular flexibility index (Phi) is 4.22. The summed E-state index contributed by atoms with van der Waals surface area (Å²) in [6, 6.07) is 5.43. The number of nitrogens with two attached hydrogens (primary N) is 1. The summed E-state index contributed by atoms with van der Waals surface area (Å²) in [5.41, 5.74) is 6.59. The highest BCUT2D eigenvalue weighted by Crippen LogP contribution is 2.29. The first-order valence-electron chi connectivity index (χ1n) is 6.50. The quantitative estimate of drug-likeness (QED) is 0.584. The highest BCUT2D eigenvalue weighted by atomic mass is 35.5. The Balaban J connectivity index is 2.26. The number of rotatable bonds is 3. The first-order chi connectivity index (χ1) is 9.32. The molecule has 1 aliphatic rings. The molecule has 1 fully saturated rings. The van der Waals surface area contributed by atoms with Crippen molar-refractivity contribution in [1.82, 2.24) is 0 Å². The van der Waals surface area contributed by atoms with E-state index in [-0.39, 0.29) is 24.1 Å². The molecule has 1 aromatic rings. The molecule has 1 heterocycles. The maximum absolute atomic E-state index is 9.34. The van der Waals surface area contributed by atoms with Gasteiger partial charge in [0.25, 0.3) is 0 Å². The molecule has 1 aliphatic heterocycles. The van der Waals surface area contributed by atoms with E-state index < -0.39 is 0 Å². The number of benzene rings is 1. The average Bonchev–Trinajstić information content (AvgIpc) is 2.36. The van der Waals surface area contributed by atoms with Crippen LogP contribution < -0.4 is 10.6 Å². The molecule has 0 aliphatic carbocycles. The third-order valence-corrected chi connectivity index (χ3v) is 3.61. The van der Waals surface area contributed by atoms with Crippen molar-refractivity contribution in [3.05, 3.63) is 28.8 Å². The summed E-state index contributed by atoms with van der Waals surface area (Å²) >= 11 is 6.16. The summed E-state index contributed by atoms with van der Waals surface area (Å²) in [6.07, 6.45) is -0.218. The Morgan fingerprint density at radius 3 is 2.85 bits per heavy atom. The number of morpholine rings is 1. The summed E-state index contributed by atoms with van der Waals surface area (Å²) in [5, 5.41) is 17.2. The molecule has 0 bridgehead atoms. The normalized spacial score (nSPS) is 21.8. The number of aliphatic hydroxyl groups is 1. The Morgan fingerprint density at radius 1 is 1.60 bits per heavy atom. The topological polar surface area (TPSA) is 82.6 Å².